The molecule has 112 valence electrons. The molecule has 0 atom stereocenters. The van der Waals surface area contributed by atoms with Crippen LogP contribution in [0.2, 0.25) is 0 Å². The van der Waals surface area contributed by atoms with E-state index in [-0.39, 0.29) is 24.6 Å². The predicted molar refractivity (Wildman–Crippen MR) is 72.2 cm³/mol. The molecule has 0 heterocycles. The number of rotatable bonds is 6. The normalized spacial score (nSPS) is 11.8. The van der Waals surface area contributed by atoms with Gasteiger partial charge in [-0.2, -0.15) is 0 Å². The van der Waals surface area contributed by atoms with Crippen molar-refractivity contribution >= 4 is 18.0 Å². The standard InChI is InChI=1S/C13H20N2O5/c1-5-19-11(16)7-9(3)15(13(14)18)10(4)8-12(17)20-6-2/h7-8H,5-6H2,1-4H3,(H2,14,18). The van der Waals surface area contributed by atoms with Gasteiger partial charge in [0.1, 0.15) is 0 Å². The summed E-state index contributed by atoms with van der Waals surface area (Å²) in [6.07, 6.45) is 2.24. The van der Waals surface area contributed by atoms with Crippen LogP contribution in [0.15, 0.2) is 23.5 Å². The summed E-state index contributed by atoms with van der Waals surface area (Å²) in [6, 6.07) is -0.818. The maximum Gasteiger partial charge on any atom is 0.332 e. The van der Waals surface area contributed by atoms with Gasteiger partial charge in [-0.05, 0) is 27.7 Å². The first-order valence-electron chi connectivity index (χ1n) is 6.13. The summed E-state index contributed by atoms with van der Waals surface area (Å²) in [4.78, 5) is 35.1. The van der Waals surface area contributed by atoms with Crippen molar-refractivity contribution < 1.29 is 23.9 Å². The molecule has 0 aliphatic heterocycles. The summed E-state index contributed by atoms with van der Waals surface area (Å²) >= 11 is 0. The molecule has 0 unspecified atom stereocenters. The Morgan fingerprint density at radius 2 is 1.30 bits per heavy atom. The van der Waals surface area contributed by atoms with Crippen LogP contribution in [0.4, 0.5) is 4.79 Å². The third-order valence-corrected chi connectivity index (χ3v) is 2.15. The maximum atomic E-state index is 11.4. The van der Waals surface area contributed by atoms with Gasteiger partial charge in [0.25, 0.3) is 0 Å². The van der Waals surface area contributed by atoms with Crippen molar-refractivity contribution in [2.45, 2.75) is 27.7 Å². The van der Waals surface area contributed by atoms with Crippen molar-refractivity contribution in [2.24, 2.45) is 5.73 Å². The summed E-state index contributed by atoms with van der Waals surface area (Å²) < 4.78 is 9.47. The molecule has 2 N–H and O–H groups in total. The van der Waals surface area contributed by atoms with Crippen molar-refractivity contribution in [3.05, 3.63) is 23.5 Å². The highest BCUT2D eigenvalue weighted by Crippen LogP contribution is 2.12. The Balaban J connectivity index is 5.20. The molecule has 0 aromatic heterocycles. The van der Waals surface area contributed by atoms with Crippen LogP contribution in [-0.2, 0) is 19.1 Å². The number of esters is 2. The molecule has 7 heteroatoms. The van der Waals surface area contributed by atoms with Crippen LogP contribution in [0.25, 0.3) is 0 Å². The number of nitrogens with zero attached hydrogens (tertiary/aromatic N) is 1. The second-order valence-electron chi connectivity index (χ2n) is 3.75. The topological polar surface area (TPSA) is 98.9 Å². The lowest BCUT2D eigenvalue weighted by Crippen LogP contribution is -2.33. The first kappa shape index (κ1) is 17.7. The van der Waals surface area contributed by atoms with E-state index in [0.29, 0.717) is 0 Å². The highest BCUT2D eigenvalue weighted by molar-refractivity contribution is 5.87. The average Bonchev–Trinajstić information content (AvgIpc) is 2.28. The molecule has 0 radical (unpaired) electrons. The number of ether oxygens (including phenoxy) is 2. The molecular formula is C13H20N2O5. The number of carbonyl (C=O) groups excluding carboxylic acids is 3. The fourth-order valence-electron chi connectivity index (χ4n) is 1.46. The molecule has 0 fully saturated rings. The van der Waals surface area contributed by atoms with Crippen LogP contribution in [-0.4, -0.2) is 36.1 Å². The maximum absolute atomic E-state index is 11.4. The van der Waals surface area contributed by atoms with Crippen molar-refractivity contribution in [3.63, 3.8) is 0 Å². The predicted octanol–water partition coefficient (Wildman–Crippen LogP) is 1.30. The lowest BCUT2D eigenvalue weighted by Gasteiger charge is -2.21. The van der Waals surface area contributed by atoms with E-state index in [0.717, 1.165) is 17.1 Å². The summed E-state index contributed by atoms with van der Waals surface area (Å²) in [5, 5.41) is 0. The van der Waals surface area contributed by atoms with Gasteiger partial charge in [0.15, 0.2) is 0 Å². The Bertz CT molecular complexity index is 406. The van der Waals surface area contributed by atoms with Gasteiger partial charge in [0, 0.05) is 23.5 Å². The summed E-state index contributed by atoms with van der Waals surface area (Å²) in [5.74, 6) is -1.19. The minimum absolute atomic E-state index is 0.219. The van der Waals surface area contributed by atoms with Crippen LogP contribution < -0.4 is 5.73 Å². The lowest BCUT2D eigenvalue weighted by molar-refractivity contribution is -0.138. The number of urea groups is 1. The third kappa shape index (κ3) is 6.03. The molecule has 7 nitrogen and oxygen atoms in total. The van der Waals surface area contributed by atoms with Gasteiger partial charge in [-0.25, -0.2) is 14.4 Å². The number of carbonyl (C=O) groups is 3. The zero-order chi connectivity index (χ0) is 15.7. The number of hydrogen-bond acceptors (Lipinski definition) is 5. The fourth-order valence-corrected chi connectivity index (χ4v) is 1.46. The van der Waals surface area contributed by atoms with E-state index in [4.69, 9.17) is 15.2 Å². The van der Waals surface area contributed by atoms with Crippen molar-refractivity contribution in [2.75, 3.05) is 13.2 Å². The van der Waals surface area contributed by atoms with Crippen LogP contribution in [0.5, 0.6) is 0 Å². The Hall–Kier alpha value is -2.31. The van der Waals surface area contributed by atoms with Crippen LogP contribution >= 0.6 is 0 Å². The van der Waals surface area contributed by atoms with E-state index in [1.165, 1.54) is 13.8 Å². The van der Waals surface area contributed by atoms with E-state index >= 15 is 0 Å². The largest absolute Gasteiger partial charge is 0.463 e. The number of hydrogen-bond donors (Lipinski definition) is 1. The molecule has 20 heavy (non-hydrogen) atoms. The van der Waals surface area contributed by atoms with Gasteiger partial charge < -0.3 is 15.2 Å². The third-order valence-electron chi connectivity index (χ3n) is 2.15. The Kier molecular flexibility index (Phi) is 7.72. The fraction of sp³-hybridized carbons (Fsp3) is 0.462. The number of amides is 2. The summed E-state index contributed by atoms with van der Waals surface area (Å²) in [7, 11) is 0. The lowest BCUT2D eigenvalue weighted by atomic mass is 10.3. The van der Waals surface area contributed by atoms with Crippen LogP contribution in [0.3, 0.4) is 0 Å². The highest BCUT2D eigenvalue weighted by atomic mass is 16.5. The zero-order valence-electron chi connectivity index (χ0n) is 12.1. The van der Waals surface area contributed by atoms with Crippen molar-refractivity contribution in [3.8, 4) is 0 Å². The molecule has 0 aliphatic carbocycles. The Morgan fingerprint density at radius 1 is 0.950 bits per heavy atom. The Labute approximate surface area is 118 Å². The first-order chi connectivity index (χ1) is 9.33. The molecule has 0 aromatic carbocycles. The SMILES string of the molecule is CCOC(=O)C=C(C)N(C(N)=O)C(C)=CC(=O)OCC. The van der Waals surface area contributed by atoms with E-state index in [9.17, 15) is 14.4 Å². The molecule has 0 spiro atoms. The molecule has 0 aromatic rings. The van der Waals surface area contributed by atoms with E-state index in [1.807, 2.05) is 0 Å². The molecule has 0 rings (SSSR count). The Morgan fingerprint density at radius 3 is 1.55 bits per heavy atom. The van der Waals surface area contributed by atoms with Crippen molar-refractivity contribution in [1.29, 1.82) is 0 Å². The molecule has 2 amide bonds. The van der Waals surface area contributed by atoms with Crippen LogP contribution in [0, 0.1) is 0 Å². The second kappa shape index (κ2) is 8.73. The van der Waals surface area contributed by atoms with Gasteiger partial charge in [-0.15, -0.1) is 0 Å². The van der Waals surface area contributed by atoms with Gasteiger partial charge in [-0.3, -0.25) is 4.90 Å². The number of primary amides is 1. The van der Waals surface area contributed by atoms with Gasteiger partial charge >= 0.3 is 18.0 Å². The van der Waals surface area contributed by atoms with Gasteiger partial charge in [0.05, 0.1) is 13.2 Å². The van der Waals surface area contributed by atoms with Gasteiger partial charge in [0.2, 0.25) is 0 Å². The quantitative estimate of drug-likeness (QED) is 0.585. The summed E-state index contributed by atoms with van der Waals surface area (Å²) in [6.45, 7) is 6.78. The van der Waals surface area contributed by atoms with Gasteiger partial charge in [-0.1, -0.05) is 0 Å². The zero-order valence-corrected chi connectivity index (χ0v) is 12.1. The molecular weight excluding hydrogens is 264 g/mol. The molecule has 0 aliphatic rings. The van der Waals surface area contributed by atoms with Crippen molar-refractivity contribution in [1.82, 2.24) is 4.90 Å². The minimum atomic E-state index is -0.818. The second-order valence-corrected chi connectivity index (χ2v) is 3.75. The summed E-state index contributed by atoms with van der Waals surface area (Å²) in [5.41, 5.74) is 5.73. The van der Waals surface area contributed by atoms with Crippen LogP contribution in [0.1, 0.15) is 27.7 Å². The minimum Gasteiger partial charge on any atom is -0.463 e. The monoisotopic (exact) mass is 284 g/mol. The molecule has 0 saturated heterocycles. The molecule has 0 bridgehead atoms. The average molecular weight is 284 g/mol. The first-order valence-corrected chi connectivity index (χ1v) is 6.13. The van der Waals surface area contributed by atoms with E-state index < -0.39 is 18.0 Å². The smallest absolute Gasteiger partial charge is 0.332 e. The molecule has 0 saturated carbocycles. The highest BCUT2D eigenvalue weighted by Gasteiger charge is 2.16. The number of nitrogens with two attached hydrogens (primary N) is 1. The van der Waals surface area contributed by atoms with E-state index in [2.05, 4.69) is 0 Å². The van der Waals surface area contributed by atoms with E-state index in [1.54, 1.807) is 13.8 Å². The number of allylic oxidation sites excluding steroid dienone is 2.